The van der Waals surface area contributed by atoms with Crippen LogP contribution in [0.1, 0.15) is 51.4 Å². The molecule has 1 saturated carbocycles. The van der Waals surface area contributed by atoms with E-state index in [0.717, 1.165) is 6.42 Å². The lowest BCUT2D eigenvalue weighted by atomic mass is 9.80. The molecule has 0 bridgehead atoms. The molecule has 2 aliphatic rings. The van der Waals surface area contributed by atoms with Crippen molar-refractivity contribution in [2.45, 2.75) is 56.9 Å². The number of hydrogen-bond donors (Lipinski definition) is 1. The van der Waals surface area contributed by atoms with E-state index in [1.165, 1.54) is 71.1 Å². The summed E-state index contributed by atoms with van der Waals surface area (Å²) >= 11 is 0. The van der Waals surface area contributed by atoms with E-state index in [1.807, 2.05) is 0 Å². The molecule has 1 aliphatic heterocycles. The van der Waals surface area contributed by atoms with E-state index in [-0.39, 0.29) is 0 Å². The Hall–Kier alpha value is -0.520. The standard InChI is InChI=1S/C15H26N2/c1-2-3-4-8-12-17-13-11-16-15(14-17)9-6-5-7-10-15/h1,16H,3-14H2. The first-order valence-electron chi connectivity index (χ1n) is 7.26. The summed E-state index contributed by atoms with van der Waals surface area (Å²) in [7, 11) is 0. The minimum Gasteiger partial charge on any atom is -0.309 e. The van der Waals surface area contributed by atoms with Gasteiger partial charge in [0.25, 0.3) is 0 Å². The molecule has 1 N–H and O–H groups in total. The normalized spacial score (nSPS) is 24.6. The lowest BCUT2D eigenvalue weighted by Crippen LogP contribution is -2.61. The van der Waals surface area contributed by atoms with Gasteiger partial charge in [-0.1, -0.05) is 19.3 Å². The molecular formula is C15H26N2. The predicted octanol–water partition coefficient (Wildman–Crippen LogP) is 2.40. The molecule has 17 heavy (non-hydrogen) atoms. The van der Waals surface area contributed by atoms with Gasteiger partial charge in [-0.2, -0.15) is 0 Å². The molecule has 2 heteroatoms. The van der Waals surface area contributed by atoms with Crippen molar-refractivity contribution in [1.82, 2.24) is 10.2 Å². The molecule has 0 aromatic heterocycles. The van der Waals surface area contributed by atoms with Crippen LogP contribution in [-0.4, -0.2) is 36.6 Å². The largest absolute Gasteiger partial charge is 0.309 e. The smallest absolute Gasteiger partial charge is 0.0309 e. The van der Waals surface area contributed by atoms with Crippen molar-refractivity contribution >= 4 is 0 Å². The number of piperazine rings is 1. The zero-order chi connectivity index (χ0) is 12.0. The van der Waals surface area contributed by atoms with Gasteiger partial charge in [0.1, 0.15) is 0 Å². The Balaban J connectivity index is 1.74. The number of nitrogens with one attached hydrogen (secondary N) is 1. The molecule has 1 saturated heterocycles. The summed E-state index contributed by atoms with van der Waals surface area (Å²) < 4.78 is 0. The van der Waals surface area contributed by atoms with Crippen LogP contribution in [0, 0.1) is 12.3 Å². The molecule has 2 fully saturated rings. The van der Waals surface area contributed by atoms with E-state index in [9.17, 15) is 0 Å². The summed E-state index contributed by atoms with van der Waals surface area (Å²) in [4.78, 5) is 2.65. The van der Waals surface area contributed by atoms with Gasteiger partial charge in [-0.25, -0.2) is 0 Å². The molecular weight excluding hydrogens is 208 g/mol. The van der Waals surface area contributed by atoms with Crippen molar-refractivity contribution < 1.29 is 0 Å². The first kappa shape index (κ1) is 12.9. The molecule has 0 aromatic carbocycles. The Kier molecular flexibility index (Phi) is 4.88. The summed E-state index contributed by atoms with van der Waals surface area (Å²) in [5.74, 6) is 2.73. The van der Waals surface area contributed by atoms with Crippen LogP contribution in [0.15, 0.2) is 0 Å². The van der Waals surface area contributed by atoms with Crippen molar-refractivity contribution in [2.24, 2.45) is 0 Å². The second-order valence-corrected chi connectivity index (χ2v) is 5.71. The van der Waals surface area contributed by atoms with Gasteiger partial charge in [0.2, 0.25) is 0 Å². The third-order valence-corrected chi connectivity index (χ3v) is 4.31. The van der Waals surface area contributed by atoms with E-state index in [2.05, 4.69) is 16.1 Å². The van der Waals surface area contributed by atoms with Gasteiger partial charge in [0, 0.05) is 31.6 Å². The van der Waals surface area contributed by atoms with E-state index < -0.39 is 0 Å². The average molecular weight is 234 g/mol. The zero-order valence-electron chi connectivity index (χ0n) is 11.0. The van der Waals surface area contributed by atoms with Gasteiger partial charge < -0.3 is 10.2 Å². The predicted molar refractivity (Wildman–Crippen MR) is 72.9 cm³/mol. The number of nitrogens with zero attached hydrogens (tertiary/aromatic N) is 1. The fourth-order valence-corrected chi connectivity index (χ4v) is 3.36. The Morgan fingerprint density at radius 2 is 2.00 bits per heavy atom. The number of terminal acetylenes is 1. The Labute approximate surface area is 106 Å². The second-order valence-electron chi connectivity index (χ2n) is 5.71. The monoisotopic (exact) mass is 234 g/mol. The van der Waals surface area contributed by atoms with Crippen molar-refractivity contribution in [2.75, 3.05) is 26.2 Å². The van der Waals surface area contributed by atoms with Crippen LogP contribution in [0.3, 0.4) is 0 Å². The minimum absolute atomic E-state index is 0.461. The topological polar surface area (TPSA) is 15.3 Å². The molecule has 0 radical (unpaired) electrons. The maximum Gasteiger partial charge on any atom is 0.0309 e. The van der Waals surface area contributed by atoms with E-state index in [1.54, 1.807) is 0 Å². The highest BCUT2D eigenvalue weighted by Gasteiger charge is 2.35. The highest BCUT2D eigenvalue weighted by molar-refractivity contribution is 4.96. The average Bonchev–Trinajstić information content (AvgIpc) is 2.36. The van der Waals surface area contributed by atoms with E-state index in [0.29, 0.717) is 5.54 Å². The molecule has 0 amide bonds. The Bertz CT molecular complexity index is 255. The van der Waals surface area contributed by atoms with Crippen molar-refractivity contribution in [3.63, 3.8) is 0 Å². The van der Waals surface area contributed by atoms with Crippen LogP contribution in [0.25, 0.3) is 0 Å². The lowest BCUT2D eigenvalue weighted by Gasteiger charge is -2.46. The SMILES string of the molecule is C#CCCCCN1CCNC2(CCCCC2)C1. The van der Waals surface area contributed by atoms with Crippen molar-refractivity contribution in [1.29, 1.82) is 0 Å². The third kappa shape index (κ3) is 3.72. The molecule has 2 nitrogen and oxygen atoms in total. The Morgan fingerprint density at radius 3 is 2.76 bits per heavy atom. The number of hydrogen-bond acceptors (Lipinski definition) is 2. The van der Waals surface area contributed by atoms with E-state index >= 15 is 0 Å². The summed E-state index contributed by atoms with van der Waals surface area (Å²) in [5.41, 5.74) is 0.461. The summed E-state index contributed by atoms with van der Waals surface area (Å²) in [6.45, 7) is 4.90. The van der Waals surface area contributed by atoms with Crippen LogP contribution in [-0.2, 0) is 0 Å². The molecule has 0 aromatic rings. The van der Waals surface area contributed by atoms with E-state index in [4.69, 9.17) is 6.42 Å². The molecule has 1 aliphatic carbocycles. The first-order valence-corrected chi connectivity index (χ1v) is 7.26. The highest BCUT2D eigenvalue weighted by Crippen LogP contribution is 2.30. The summed E-state index contributed by atoms with van der Waals surface area (Å²) in [5, 5.41) is 3.79. The molecule has 1 spiro atoms. The Morgan fingerprint density at radius 1 is 1.18 bits per heavy atom. The quantitative estimate of drug-likeness (QED) is 0.593. The third-order valence-electron chi connectivity index (χ3n) is 4.31. The van der Waals surface area contributed by atoms with Crippen LogP contribution < -0.4 is 5.32 Å². The van der Waals surface area contributed by atoms with Gasteiger partial charge >= 0.3 is 0 Å². The summed E-state index contributed by atoms with van der Waals surface area (Å²) in [6.07, 6.45) is 15.7. The van der Waals surface area contributed by atoms with Crippen LogP contribution >= 0.6 is 0 Å². The number of rotatable bonds is 4. The second kappa shape index (κ2) is 6.42. The fourth-order valence-electron chi connectivity index (χ4n) is 3.36. The molecule has 1 heterocycles. The van der Waals surface area contributed by atoms with Crippen molar-refractivity contribution in [3.8, 4) is 12.3 Å². The van der Waals surface area contributed by atoms with Gasteiger partial charge in [-0.05, 0) is 32.2 Å². The maximum atomic E-state index is 5.29. The van der Waals surface area contributed by atoms with Crippen LogP contribution in [0.2, 0.25) is 0 Å². The first-order chi connectivity index (χ1) is 8.35. The molecule has 2 rings (SSSR count). The number of unbranched alkanes of at least 4 members (excludes halogenated alkanes) is 2. The van der Waals surface area contributed by atoms with Gasteiger partial charge in [-0.3, -0.25) is 0 Å². The van der Waals surface area contributed by atoms with Gasteiger partial charge in [0.15, 0.2) is 0 Å². The van der Waals surface area contributed by atoms with Crippen LogP contribution in [0.4, 0.5) is 0 Å². The summed E-state index contributed by atoms with van der Waals surface area (Å²) in [6, 6.07) is 0. The molecule has 0 atom stereocenters. The fraction of sp³-hybridized carbons (Fsp3) is 0.867. The molecule has 0 unspecified atom stereocenters. The lowest BCUT2D eigenvalue weighted by molar-refractivity contribution is 0.0983. The minimum atomic E-state index is 0.461. The van der Waals surface area contributed by atoms with Crippen molar-refractivity contribution in [3.05, 3.63) is 0 Å². The zero-order valence-corrected chi connectivity index (χ0v) is 11.0. The van der Waals surface area contributed by atoms with Gasteiger partial charge in [0.05, 0.1) is 0 Å². The van der Waals surface area contributed by atoms with Gasteiger partial charge in [-0.15, -0.1) is 12.3 Å². The molecule has 96 valence electrons. The van der Waals surface area contributed by atoms with Crippen LogP contribution in [0.5, 0.6) is 0 Å². The maximum absolute atomic E-state index is 5.29. The highest BCUT2D eigenvalue weighted by atomic mass is 15.2.